The third-order valence-electron chi connectivity index (χ3n) is 20.0. The van der Waals surface area contributed by atoms with E-state index in [0.717, 1.165) is 62.6 Å². The van der Waals surface area contributed by atoms with E-state index in [4.69, 9.17) is 27.6 Å². The minimum absolute atomic E-state index is 0. The van der Waals surface area contributed by atoms with Gasteiger partial charge in [-0.1, -0.05) is 112 Å². The fourth-order valence-corrected chi connectivity index (χ4v) is 13.5. The molecule has 0 bridgehead atoms. The topological polar surface area (TPSA) is 270 Å². The van der Waals surface area contributed by atoms with Crippen LogP contribution in [-0.4, -0.2) is 125 Å². The first-order valence-corrected chi connectivity index (χ1v) is 38.6. The van der Waals surface area contributed by atoms with Gasteiger partial charge in [0.25, 0.3) is 5.89 Å². The van der Waals surface area contributed by atoms with Crippen molar-refractivity contribution in [2.45, 2.75) is 160 Å². The molecule has 4 fully saturated rings. The molecule has 3 aliphatic heterocycles. The van der Waals surface area contributed by atoms with Gasteiger partial charge >= 0.3 is 12.2 Å². The highest BCUT2D eigenvalue weighted by molar-refractivity contribution is 5.85. The van der Waals surface area contributed by atoms with Gasteiger partial charge in [-0.2, -0.15) is 19.9 Å². The number of halogens is 5. The highest BCUT2D eigenvalue weighted by atomic mass is 35.5. The van der Waals surface area contributed by atoms with Gasteiger partial charge in [0.05, 0.1) is 5.54 Å². The highest BCUT2D eigenvalue weighted by Gasteiger charge is 2.48. The Labute approximate surface area is 693 Å². The molecule has 12 aromatic rings. The lowest BCUT2D eigenvalue weighted by atomic mass is 9.89. The number of aromatic nitrogens is 12. The van der Waals surface area contributed by atoms with Crippen molar-refractivity contribution >= 4 is 24.6 Å². The molecule has 3 saturated heterocycles. The second-order valence-electron chi connectivity index (χ2n) is 31.4. The van der Waals surface area contributed by atoms with Crippen molar-refractivity contribution in [2.75, 3.05) is 26.7 Å². The van der Waals surface area contributed by atoms with Crippen LogP contribution in [0.25, 0.3) is 46.1 Å². The first-order valence-electron chi connectivity index (χ1n) is 38.6. The van der Waals surface area contributed by atoms with Crippen molar-refractivity contribution in [3.8, 4) is 93.4 Å². The second-order valence-corrected chi connectivity index (χ2v) is 31.4. The number of rotatable bonds is 8. The number of amides is 2. The van der Waals surface area contributed by atoms with Gasteiger partial charge in [-0.15, -0.1) is 12.4 Å². The summed E-state index contributed by atoms with van der Waals surface area (Å²) in [6, 6.07) is 38.7. The molecular formula is C91H86ClF4N15O8. The molecule has 4 aliphatic rings. The Morgan fingerprint density at radius 1 is 0.412 bits per heavy atom. The molecule has 28 heteroatoms. The number of hydrogen-bond donors (Lipinski definition) is 0. The molecule has 0 radical (unpaired) electrons. The number of nitrogens with zero attached hydrogens (tertiary/aromatic N) is 15. The maximum Gasteiger partial charge on any atom is 0.411 e. The normalized spacial score (nSPS) is 17.1. The minimum atomic E-state index is -0.746. The van der Waals surface area contributed by atoms with Gasteiger partial charge < -0.3 is 27.6 Å². The number of benzene rings is 4. The first kappa shape index (κ1) is 85.2. The Balaban J connectivity index is 0.000000146. The largest absolute Gasteiger partial charge is 0.444 e. The lowest BCUT2D eigenvalue weighted by Crippen LogP contribution is -2.45. The van der Waals surface area contributed by atoms with Crippen LogP contribution in [0.3, 0.4) is 0 Å². The average Bonchev–Trinajstić information content (AvgIpc) is 1.63. The summed E-state index contributed by atoms with van der Waals surface area (Å²) in [6.45, 7) is 19.4. The molecule has 8 aromatic heterocycles. The molecule has 16 rings (SSSR count). The van der Waals surface area contributed by atoms with Crippen molar-refractivity contribution in [1.82, 2.24) is 75.2 Å². The van der Waals surface area contributed by atoms with Gasteiger partial charge in [-0.05, 0) is 242 Å². The zero-order chi connectivity index (χ0) is 83.2. The molecular weight excluding hydrogens is 1540 g/mol. The van der Waals surface area contributed by atoms with E-state index in [1.807, 2.05) is 72.7 Å². The Morgan fingerprint density at radius 2 is 0.765 bits per heavy atom. The van der Waals surface area contributed by atoms with Gasteiger partial charge in [0.1, 0.15) is 68.8 Å². The molecule has 1 saturated carbocycles. The van der Waals surface area contributed by atoms with E-state index in [9.17, 15) is 27.2 Å². The summed E-state index contributed by atoms with van der Waals surface area (Å²) in [5.74, 6) is 25.9. The van der Waals surface area contributed by atoms with Crippen LogP contribution in [0.5, 0.6) is 0 Å². The maximum absolute atomic E-state index is 13.3. The summed E-state index contributed by atoms with van der Waals surface area (Å²) in [5.41, 5.74) is 5.41. The molecule has 4 aromatic carbocycles. The Morgan fingerprint density at radius 3 is 1.14 bits per heavy atom. The van der Waals surface area contributed by atoms with Crippen LogP contribution in [0.15, 0.2) is 188 Å². The predicted octanol–water partition coefficient (Wildman–Crippen LogP) is 18.2. The lowest BCUT2D eigenvalue weighted by molar-refractivity contribution is 0.00435. The molecule has 119 heavy (non-hydrogen) atoms. The molecule has 3 unspecified atom stereocenters. The SMILES string of the molecule is CC(C)(C)OC(=O)N1CCCC1(C)c1nc(-c2ccc(C#Cc3cccc(F)c3)cn2)no1.CC(C)(C)OC(=O)N1CCCC1c1nc(-c2ccc(C#Cc3cccc(F)c3)cn2)no1.CC1(c2nc(-c3ccc(C#Cc4cccc(F)c4)cn3)no2)CCCC1.CN1CCCC1(C)c1nc(-c2ccc(C#Cc3cccc(F)c3)cn2)no1.Cl. The Kier molecular flexibility index (Phi) is 26.7. The van der Waals surface area contributed by atoms with Crippen LogP contribution in [0, 0.1) is 70.6 Å². The van der Waals surface area contributed by atoms with E-state index in [0.29, 0.717) is 123 Å². The molecule has 1 aliphatic carbocycles. The molecule has 0 spiro atoms. The third-order valence-corrected chi connectivity index (χ3v) is 20.0. The molecule has 2 amide bonds. The summed E-state index contributed by atoms with van der Waals surface area (Å²) < 4.78 is 86.0. The molecule has 0 N–H and O–H groups in total. The van der Waals surface area contributed by atoms with E-state index in [1.54, 1.807) is 107 Å². The number of ether oxygens (including phenoxy) is 2. The van der Waals surface area contributed by atoms with E-state index < -0.39 is 22.8 Å². The van der Waals surface area contributed by atoms with Gasteiger partial charge in [0.15, 0.2) is 0 Å². The fourth-order valence-electron chi connectivity index (χ4n) is 13.5. The number of pyridine rings is 4. The van der Waals surface area contributed by atoms with Crippen LogP contribution in [0.1, 0.15) is 201 Å². The highest BCUT2D eigenvalue weighted by Crippen LogP contribution is 2.42. The smallest absolute Gasteiger partial charge is 0.411 e. The monoisotopic (exact) mass is 1630 g/mol. The van der Waals surface area contributed by atoms with Gasteiger partial charge in [0.2, 0.25) is 41.0 Å². The van der Waals surface area contributed by atoms with Crippen LogP contribution in [0.2, 0.25) is 0 Å². The van der Waals surface area contributed by atoms with E-state index in [-0.39, 0.29) is 58.8 Å². The van der Waals surface area contributed by atoms with Crippen LogP contribution in [-0.2, 0) is 26.0 Å². The average molecular weight is 1630 g/mol. The number of hydrogen-bond acceptors (Lipinski definition) is 21. The van der Waals surface area contributed by atoms with Gasteiger partial charge in [-0.25, -0.2) is 27.2 Å². The van der Waals surface area contributed by atoms with Crippen LogP contribution in [0.4, 0.5) is 27.2 Å². The summed E-state index contributed by atoms with van der Waals surface area (Å²) in [4.78, 5) is 66.3. The summed E-state index contributed by atoms with van der Waals surface area (Å²) >= 11 is 0. The second kappa shape index (κ2) is 37.4. The van der Waals surface area contributed by atoms with E-state index in [1.165, 1.54) is 61.4 Å². The molecule has 608 valence electrons. The quantitative estimate of drug-likeness (QED) is 0.101. The van der Waals surface area contributed by atoms with Crippen LogP contribution < -0.4 is 0 Å². The van der Waals surface area contributed by atoms with Crippen LogP contribution >= 0.6 is 12.4 Å². The summed E-state index contributed by atoms with van der Waals surface area (Å²) in [5, 5.41) is 16.3. The fraction of sp³-hybridized carbons (Fsp3) is 0.319. The molecule has 23 nitrogen and oxygen atoms in total. The summed E-state index contributed by atoms with van der Waals surface area (Å²) in [6.07, 6.45) is 15.4. The number of likely N-dealkylation sites (tertiary alicyclic amines) is 3. The molecule has 3 atom stereocenters. The lowest BCUT2D eigenvalue weighted by Gasteiger charge is -2.33. The first-order chi connectivity index (χ1) is 56.6. The van der Waals surface area contributed by atoms with Crippen molar-refractivity contribution < 1.29 is 54.7 Å². The summed E-state index contributed by atoms with van der Waals surface area (Å²) in [7, 11) is 2.07. The number of carbonyl (C=O) groups excluding carboxylic acids is 2. The Bertz CT molecular complexity index is 5820. The maximum atomic E-state index is 13.3. The van der Waals surface area contributed by atoms with Crippen molar-refractivity contribution in [3.05, 3.63) is 262 Å². The standard InChI is InChI=1S/C25H25FN4O3.C24H23FN4O3.C21H19FN4O.C21H18FN3O.ClH/c1-24(2,3)32-23(31)30-14-6-13-25(30,4)22-28-21(29-33-22)20-12-11-18(16-27-20)10-9-17-7-5-8-19(26)15-17;1-24(2,3)31-23(30)29-13-5-8-20(29)22-27-21(28-32-22)19-12-11-17(15-26-19)10-9-16-6-4-7-18(25)14-16;1-21(11-4-12-26(21)2)20-24-19(25-27-20)18-10-9-16(14-23-18)8-7-15-5-3-6-17(22)13-15;1-21(11-2-3-12-21)20-24-19(25-26-20)18-10-9-16(14-23-18)8-7-15-5-4-6-17(22)13-15;/h5,7-8,11-12,15-16H,6,13-14H2,1-4H3;4,6-7,11-12,14-15,20H,5,8,13H2,1-3H3;3,5-6,9-10,13-14H,4,11-12H2,1-2H3;4-6,9-10,13-14H,2-3,11-12H2,1H3;1H. The van der Waals surface area contributed by atoms with E-state index in [2.05, 4.69) is 134 Å². The third kappa shape index (κ3) is 22.1. The predicted molar refractivity (Wildman–Crippen MR) is 436 cm³/mol. The Hall–Kier alpha value is -13.2. The van der Waals surface area contributed by atoms with E-state index >= 15 is 0 Å². The molecule has 11 heterocycles. The van der Waals surface area contributed by atoms with Crippen molar-refractivity contribution in [2.24, 2.45) is 0 Å². The van der Waals surface area contributed by atoms with Crippen molar-refractivity contribution in [3.63, 3.8) is 0 Å². The zero-order valence-electron chi connectivity index (χ0n) is 67.3. The number of carbonyl (C=O) groups is 2. The van der Waals surface area contributed by atoms with Gasteiger partial charge in [-0.3, -0.25) is 34.6 Å². The minimum Gasteiger partial charge on any atom is -0.444 e. The van der Waals surface area contributed by atoms with Crippen molar-refractivity contribution in [1.29, 1.82) is 0 Å². The zero-order valence-corrected chi connectivity index (χ0v) is 68.1. The van der Waals surface area contributed by atoms with Gasteiger partial charge in [0, 0.05) is 87.8 Å².